The van der Waals surface area contributed by atoms with Gasteiger partial charge in [0.1, 0.15) is 46.0 Å². The molecule has 8 aromatic carbocycles. The van der Waals surface area contributed by atoms with Crippen LogP contribution in [-0.2, 0) is 26.2 Å². The molecule has 0 spiro atoms. The van der Waals surface area contributed by atoms with Gasteiger partial charge in [-0.2, -0.15) is 0 Å². The van der Waals surface area contributed by atoms with Crippen molar-refractivity contribution < 1.29 is 64.9 Å². The van der Waals surface area contributed by atoms with Crippen LogP contribution >= 0.6 is 0 Å². The molecule has 0 bridgehead atoms. The van der Waals surface area contributed by atoms with E-state index in [4.69, 9.17) is 38.7 Å². The summed E-state index contributed by atoms with van der Waals surface area (Å²) < 4.78 is 0. The van der Waals surface area contributed by atoms with E-state index in [1.807, 2.05) is 146 Å². The fourth-order valence-corrected chi connectivity index (χ4v) is 4.27. The molecule has 0 aliphatic carbocycles. The summed E-state index contributed by atoms with van der Waals surface area (Å²) in [6.45, 7) is 0. The molecule has 0 aromatic heterocycles. The van der Waals surface area contributed by atoms with E-state index in [0.29, 0.717) is 46.0 Å². The first-order chi connectivity index (χ1) is 29.8. The van der Waals surface area contributed by atoms with E-state index in [1.54, 1.807) is 97.1 Å². The first-order valence-corrected chi connectivity index (χ1v) is 18.4. The molecule has 0 atom stereocenters. The summed E-state index contributed by atoms with van der Waals surface area (Å²) >= 11 is 0. The molecule has 0 saturated heterocycles. The Kier molecular flexibility index (Phi) is 22.9. The van der Waals surface area contributed by atoms with Crippen molar-refractivity contribution in [2.75, 3.05) is 0 Å². The Morgan fingerprint density at radius 1 is 0.164 bits per heavy atom. The second-order valence-corrected chi connectivity index (χ2v) is 11.5. The van der Waals surface area contributed by atoms with Gasteiger partial charge in [-0.3, -0.25) is 22.6 Å². The topological polar surface area (TPSA) is 130 Å². The number of benzene rings is 8. The zero-order valence-electron chi connectivity index (χ0n) is 32.6. The minimum absolute atomic E-state index is 0. The zero-order valence-corrected chi connectivity index (χ0v) is 35.1. The monoisotopic (exact) mass is 890 g/mol. The van der Waals surface area contributed by atoms with Crippen molar-refractivity contribution in [3.8, 4) is 46.0 Å². The van der Waals surface area contributed by atoms with E-state index in [-0.39, 0.29) is 26.2 Å². The summed E-state index contributed by atoms with van der Waals surface area (Å²) in [6, 6.07) is 74.0. The molecule has 0 aliphatic heterocycles. The zero-order chi connectivity index (χ0) is 41.4. The van der Waals surface area contributed by atoms with Crippen molar-refractivity contribution in [2.24, 2.45) is 0 Å². The van der Waals surface area contributed by atoms with E-state index < -0.39 is 0 Å². The van der Waals surface area contributed by atoms with Crippen molar-refractivity contribution in [3.05, 3.63) is 265 Å². The normalized spacial score (nSPS) is 9.44. The molecule has 0 amide bonds. The van der Waals surface area contributed by atoms with E-state index in [0.717, 1.165) is 0 Å². The maximum absolute atomic E-state index is 5.01. The maximum Gasteiger partial charge on any atom is 4.00 e. The molecule has 0 saturated carbocycles. The molecule has 0 unspecified atom stereocenters. The van der Waals surface area contributed by atoms with E-state index in [1.165, 1.54) is 0 Å². The molecule has 0 fully saturated rings. The van der Waals surface area contributed by atoms with E-state index in [2.05, 4.69) is 22.6 Å². The van der Waals surface area contributed by atoms with E-state index in [9.17, 15) is 0 Å². The summed E-state index contributed by atoms with van der Waals surface area (Å²) in [7, 11) is 0. The molecule has 0 radical (unpaired) electrons. The molecule has 8 rings (SSSR count). The van der Waals surface area contributed by atoms with Crippen LogP contribution in [0.15, 0.2) is 243 Å². The van der Waals surface area contributed by atoms with Gasteiger partial charge in [-0.25, -0.2) is 0 Å². The Balaban J connectivity index is 0.000000178. The van der Waals surface area contributed by atoms with Gasteiger partial charge in [0.2, 0.25) is 0 Å². The third-order valence-corrected chi connectivity index (χ3v) is 7.09. The molecule has 61 heavy (non-hydrogen) atoms. The van der Waals surface area contributed by atoms with Gasteiger partial charge in [-0.05, 0) is 97.1 Å². The smallest absolute Gasteiger partial charge is 0.555 e. The van der Waals surface area contributed by atoms with Crippen LogP contribution in [0.4, 0.5) is 0 Å². The predicted molar refractivity (Wildman–Crippen MR) is 230 cm³/mol. The van der Waals surface area contributed by atoms with Crippen molar-refractivity contribution in [3.63, 3.8) is 0 Å². The quantitative estimate of drug-likeness (QED) is 0.0877. The fourth-order valence-electron chi connectivity index (χ4n) is 4.27. The Bertz CT molecular complexity index is 1730. The van der Waals surface area contributed by atoms with Crippen LogP contribution < -0.4 is 38.7 Å². The summed E-state index contributed by atoms with van der Waals surface area (Å²) in [5.41, 5.74) is 14.0. The minimum Gasteiger partial charge on any atom is -0.555 e. The Morgan fingerprint density at radius 3 is 0.361 bits per heavy atom. The van der Waals surface area contributed by atoms with Crippen LogP contribution in [-0.4, -0.2) is 0 Å². The summed E-state index contributed by atoms with van der Waals surface area (Å²) in [5.74, 6) is 5.17. The number of hydrogen-bond acceptors (Lipinski definition) is 8. The van der Waals surface area contributed by atoms with Gasteiger partial charge in [0, 0.05) is 0 Å². The second kappa shape index (κ2) is 30.0. The van der Waals surface area contributed by atoms with Gasteiger partial charge in [0.25, 0.3) is 0 Å². The number of hydrogen-bond donors (Lipinski definition) is 0. The van der Waals surface area contributed by atoms with Gasteiger partial charge in [0.05, 0.1) is 0 Å². The number of para-hydroxylation sites is 8. The minimum atomic E-state index is 0. The second-order valence-electron chi connectivity index (χ2n) is 11.5. The van der Waals surface area contributed by atoms with Crippen molar-refractivity contribution >= 4 is 0 Å². The number of rotatable bonds is 16. The van der Waals surface area contributed by atoms with Gasteiger partial charge in [-0.15, -0.1) is 0 Å². The molecule has 13 heteroatoms. The fraction of sp³-hybridized carbons (Fsp3) is 0. The Labute approximate surface area is 374 Å². The molecule has 0 aliphatic rings. The van der Waals surface area contributed by atoms with Crippen molar-refractivity contribution in [2.45, 2.75) is 0 Å². The largest absolute Gasteiger partial charge is 4.00 e. The average Bonchev–Trinajstić information content (AvgIpc) is 3.33. The summed E-state index contributed by atoms with van der Waals surface area (Å²) in [6.07, 6.45) is 0. The molecule has 304 valence electrons. The average molecular weight is 892 g/mol. The molecule has 0 N–H and O–H groups in total. The van der Waals surface area contributed by atoms with Gasteiger partial charge >= 0.3 is 26.2 Å². The predicted octanol–water partition coefficient (Wildman–Crippen LogP) is 13.4. The van der Waals surface area contributed by atoms with Crippen LogP contribution in [0.1, 0.15) is 0 Å². The Hall–Kier alpha value is -7.12. The maximum atomic E-state index is 5.01. The summed E-state index contributed by atoms with van der Waals surface area (Å²) in [4.78, 5) is 40.1. The van der Waals surface area contributed by atoms with Gasteiger partial charge in [-0.1, -0.05) is 146 Å². The van der Waals surface area contributed by atoms with Crippen LogP contribution in [0.5, 0.6) is 46.0 Å². The van der Waals surface area contributed by atoms with Crippen LogP contribution in [0.2, 0.25) is 0 Å². The number of nitrogens with zero attached hydrogens (tertiary/aromatic N) is 4. The SMILES string of the molecule is [Zr+4].c1ccc(O[N-]Oc2ccccc2)cc1.c1ccc(O[N-]Oc2ccccc2)cc1.c1ccc(O[N-]Oc2ccccc2)cc1.c1ccc(O[N-]Oc2ccccc2)cc1. The molecule has 12 nitrogen and oxygen atoms in total. The Morgan fingerprint density at radius 2 is 0.262 bits per heavy atom. The van der Waals surface area contributed by atoms with E-state index >= 15 is 0 Å². The van der Waals surface area contributed by atoms with Crippen LogP contribution in [0, 0.1) is 0 Å². The van der Waals surface area contributed by atoms with Gasteiger partial charge < -0.3 is 38.7 Å². The van der Waals surface area contributed by atoms with Crippen molar-refractivity contribution in [1.29, 1.82) is 0 Å². The third-order valence-electron chi connectivity index (χ3n) is 7.09. The molecular weight excluding hydrogens is 852 g/mol. The first kappa shape index (κ1) is 46.6. The third kappa shape index (κ3) is 20.9. The molecular formula is C48H40N4O8Zr. The van der Waals surface area contributed by atoms with Crippen molar-refractivity contribution in [1.82, 2.24) is 0 Å². The van der Waals surface area contributed by atoms with Crippen LogP contribution in [0.25, 0.3) is 22.6 Å². The first-order valence-electron chi connectivity index (χ1n) is 18.4. The molecule has 0 heterocycles. The summed E-state index contributed by atoms with van der Waals surface area (Å²) in [5, 5.41) is 0. The molecule has 8 aromatic rings. The van der Waals surface area contributed by atoms with Crippen LogP contribution in [0.3, 0.4) is 0 Å². The standard InChI is InChI=1S/4C12H10NO2.Zr/c4*1-3-7-11(8-4-1)14-13-15-12-9-5-2-6-10-12;/h4*1-10H;/q4*-1;+4. The van der Waals surface area contributed by atoms with Gasteiger partial charge in [0.15, 0.2) is 0 Å².